The third-order valence-electron chi connectivity index (χ3n) is 1.39. The smallest absolute Gasteiger partial charge is 0.333 e. The maximum Gasteiger partial charge on any atom is 0.333 e. The molecule has 0 radical (unpaired) electrons. The van der Waals surface area contributed by atoms with E-state index in [1.54, 1.807) is 0 Å². The third-order valence-corrected chi connectivity index (χ3v) is 1.39. The highest BCUT2D eigenvalue weighted by Crippen LogP contribution is 2.05. The first-order valence-corrected chi connectivity index (χ1v) is 4.42. The summed E-state index contributed by atoms with van der Waals surface area (Å²) >= 11 is 0. The summed E-state index contributed by atoms with van der Waals surface area (Å²) in [4.78, 5) is 11.1. The van der Waals surface area contributed by atoms with Crippen molar-refractivity contribution in [2.45, 2.75) is 33.6 Å². The maximum absolute atomic E-state index is 11.1. The zero-order valence-corrected chi connectivity index (χ0v) is 8.22. The molecule has 0 aliphatic carbocycles. The van der Waals surface area contributed by atoms with Crippen LogP contribution >= 0.6 is 0 Å². The van der Waals surface area contributed by atoms with Gasteiger partial charge in [0.1, 0.15) is 0 Å². The number of hydrogen-bond acceptors (Lipinski definition) is 2. The van der Waals surface area contributed by atoms with Crippen LogP contribution in [-0.4, -0.2) is 12.6 Å². The van der Waals surface area contributed by atoms with Crippen LogP contribution in [0.25, 0.3) is 0 Å². The minimum atomic E-state index is -0.245. The van der Waals surface area contributed by atoms with Gasteiger partial charge in [-0.05, 0) is 12.3 Å². The fraction of sp³-hybridized carbons (Fsp3) is 0.700. The highest BCUT2D eigenvalue weighted by atomic mass is 16.5. The van der Waals surface area contributed by atoms with Crippen LogP contribution < -0.4 is 0 Å². The van der Waals surface area contributed by atoms with Crippen LogP contribution in [0, 0.1) is 5.92 Å². The highest BCUT2D eigenvalue weighted by molar-refractivity contribution is 5.87. The lowest BCUT2D eigenvalue weighted by Crippen LogP contribution is -2.11. The van der Waals surface area contributed by atoms with E-state index in [0.29, 0.717) is 18.1 Å². The monoisotopic (exact) mass is 170 g/mol. The fourth-order valence-corrected chi connectivity index (χ4v) is 0.748. The van der Waals surface area contributed by atoms with Gasteiger partial charge in [-0.25, -0.2) is 4.79 Å². The van der Waals surface area contributed by atoms with Crippen molar-refractivity contribution in [2.24, 2.45) is 5.92 Å². The molecule has 0 N–H and O–H groups in total. The zero-order chi connectivity index (χ0) is 9.56. The summed E-state index contributed by atoms with van der Waals surface area (Å²) in [5, 5.41) is 0. The van der Waals surface area contributed by atoms with Crippen molar-refractivity contribution < 1.29 is 9.53 Å². The average Bonchev–Trinajstić information content (AvgIpc) is 2.00. The summed E-state index contributed by atoms with van der Waals surface area (Å²) in [5.41, 5.74) is 0.582. The molecule has 0 heterocycles. The van der Waals surface area contributed by atoms with E-state index in [1.807, 2.05) is 20.8 Å². The van der Waals surface area contributed by atoms with Gasteiger partial charge >= 0.3 is 5.97 Å². The van der Waals surface area contributed by atoms with Gasteiger partial charge in [-0.2, -0.15) is 0 Å². The Kier molecular flexibility index (Phi) is 5.43. The quantitative estimate of drug-likeness (QED) is 0.468. The molecule has 0 spiro atoms. The van der Waals surface area contributed by atoms with Crippen molar-refractivity contribution in [3.63, 3.8) is 0 Å². The molecule has 0 saturated heterocycles. The standard InChI is InChI=1S/C10H18O2/c1-5-6-9(4)10(11)12-7-8(2)3/h8H,4-7H2,1-3H3. The van der Waals surface area contributed by atoms with Crippen molar-refractivity contribution in [3.8, 4) is 0 Å². The Morgan fingerprint density at radius 1 is 1.50 bits per heavy atom. The van der Waals surface area contributed by atoms with E-state index in [9.17, 15) is 4.79 Å². The van der Waals surface area contributed by atoms with Crippen molar-refractivity contribution in [1.82, 2.24) is 0 Å². The van der Waals surface area contributed by atoms with Crippen LogP contribution in [-0.2, 0) is 9.53 Å². The molecule has 2 nitrogen and oxygen atoms in total. The Labute approximate surface area is 74.6 Å². The number of rotatable bonds is 5. The minimum absolute atomic E-state index is 0.245. The molecule has 0 unspecified atom stereocenters. The van der Waals surface area contributed by atoms with Gasteiger partial charge in [0.25, 0.3) is 0 Å². The van der Waals surface area contributed by atoms with Gasteiger partial charge < -0.3 is 4.74 Å². The first-order chi connectivity index (χ1) is 5.57. The molecule has 0 saturated carbocycles. The molecule has 0 bridgehead atoms. The zero-order valence-electron chi connectivity index (χ0n) is 8.22. The van der Waals surface area contributed by atoms with Gasteiger partial charge in [-0.3, -0.25) is 0 Å². The predicted molar refractivity (Wildman–Crippen MR) is 49.8 cm³/mol. The van der Waals surface area contributed by atoms with Crippen LogP contribution in [0.1, 0.15) is 33.6 Å². The van der Waals surface area contributed by atoms with Crippen LogP contribution in [0.15, 0.2) is 12.2 Å². The molecule has 0 aromatic carbocycles. The summed E-state index contributed by atoms with van der Waals surface area (Å²) in [7, 11) is 0. The summed E-state index contributed by atoms with van der Waals surface area (Å²) in [5.74, 6) is 0.147. The maximum atomic E-state index is 11.1. The number of carbonyl (C=O) groups excluding carboxylic acids is 1. The van der Waals surface area contributed by atoms with Gasteiger partial charge in [-0.15, -0.1) is 0 Å². The lowest BCUT2D eigenvalue weighted by molar-refractivity contribution is -0.140. The van der Waals surface area contributed by atoms with Gasteiger partial charge in [0.05, 0.1) is 6.61 Å². The van der Waals surface area contributed by atoms with Gasteiger partial charge in [0.2, 0.25) is 0 Å². The molecule has 0 aromatic rings. The van der Waals surface area contributed by atoms with E-state index in [4.69, 9.17) is 4.74 Å². The fourth-order valence-electron chi connectivity index (χ4n) is 0.748. The van der Waals surface area contributed by atoms with Crippen molar-refractivity contribution in [1.29, 1.82) is 0 Å². The minimum Gasteiger partial charge on any atom is -0.462 e. The van der Waals surface area contributed by atoms with Crippen LogP contribution in [0.3, 0.4) is 0 Å². The first kappa shape index (κ1) is 11.2. The largest absolute Gasteiger partial charge is 0.462 e. The molecule has 0 amide bonds. The normalized spacial score (nSPS) is 10.0. The Balaban J connectivity index is 3.65. The second-order valence-electron chi connectivity index (χ2n) is 3.35. The molecule has 0 fully saturated rings. The first-order valence-electron chi connectivity index (χ1n) is 4.42. The van der Waals surface area contributed by atoms with E-state index in [1.165, 1.54) is 0 Å². The average molecular weight is 170 g/mol. The molecular formula is C10H18O2. The van der Waals surface area contributed by atoms with Gasteiger partial charge in [0.15, 0.2) is 0 Å². The SMILES string of the molecule is C=C(CCC)C(=O)OCC(C)C. The molecule has 0 rings (SSSR count). The molecule has 0 aliphatic heterocycles. The van der Waals surface area contributed by atoms with Crippen molar-refractivity contribution >= 4 is 5.97 Å². The Morgan fingerprint density at radius 2 is 2.08 bits per heavy atom. The van der Waals surface area contributed by atoms with E-state index in [2.05, 4.69) is 6.58 Å². The number of carbonyl (C=O) groups is 1. The third kappa shape index (κ3) is 4.94. The Hall–Kier alpha value is -0.790. The van der Waals surface area contributed by atoms with E-state index in [-0.39, 0.29) is 5.97 Å². The Morgan fingerprint density at radius 3 is 2.50 bits per heavy atom. The molecule has 12 heavy (non-hydrogen) atoms. The molecule has 0 aromatic heterocycles. The molecule has 0 aliphatic rings. The second-order valence-corrected chi connectivity index (χ2v) is 3.35. The lowest BCUT2D eigenvalue weighted by Gasteiger charge is -2.07. The van der Waals surface area contributed by atoms with Gasteiger partial charge in [0, 0.05) is 5.57 Å². The van der Waals surface area contributed by atoms with Crippen LogP contribution in [0.5, 0.6) is 0 Å². The van der Waals surface area contributed by atoms with E-state index < -0.39 is 0 Å². The topological polar surface area (TPSA) is 26.3 Å². The van der Waals surface area contributed by atoms with E-state index >= 15 is 0 Å². The van der Waals surface area contributed by atoms with Crippen molar-refractivity contribution in [3.05, 3.63) is 12.2 Å². The summed E-state index contributed by atoms with van der Waals surface area (Å²) < 4.78 is 4.98. The number of esters is 1. The number of ether oxygens (including phenoxy) is 1. The Bertz CT molecular complexity index is 159. The molecule has 2 heteroatoms. The molecule has 0 atom stereocenters. The number of hydrogen-bond donors (Lipinski definition) is 0. The van der Waals surface area contributed by atoms with Crippen molar-refractivity contribution in [2.75, 3.05) is 6.61 Å². The van der Waals surface area contributed by atoms with Crippen LogP contribution in [0.2, 0.25) is 0 Å². The highest BCUT2D eigenvalue weighted by Gasteiger charge is 2.07. The molecule has 70 valence electrons. The lowest BCUT2D eigenvalue weighted by atomic mass is 10.2. The van der Waals surface area contributed by atoms with E-state index in [0.717, 1.165) is 12.8 Å². The van der Waals surface area contributed by atoms with Gasteiger partial charge in [-0.1, -0.05) is 33.8 Å². The predicted octanol–water partition coefficient (Wildman–Crippen LogP) is 2.54. The molecular weight excluding hydrogens is 152 g/mol. The summed E-state index contributed by atoms with van der Waals surface area (Å²) in [6.45, 7) is 10.2. The summed E-state index contributed by atoms with van der Waals surface area (Å²) in [6, 6.07) is 0. The second kappa shape index (κ2) is 5.81. The van der Waals surface area contributed by atoms with Crippen LogP contribution in [0.4, 0.5) is 0 Å². The summed E-state index contributed by atoms with van der Waals surface area (Å²) in [6.07, 6.45) is 1.67.